The molecule has 0 aliphatic rings. The van der Waals surface area contributed by atoms with Gasteiger partial charge in [-0.1, -0.05) is 0 Å². The first-order chi connectivity index (χ1) is 5.31. The Hall–Kier alpha value is -0.280. The zero-order chi connectivity index (χ0) is 8.53. The monoisotopic (exact) mass is 179 g/mol. The van der Waals surface area contributed by atoms with Crippen LogP contribution in [-0.2, 0) is 9.53 Å². The molecule has 0 aromatic carbocycles. The minimum absolute atomic E-state index is 0.158. The third-order valence-corrected chi connectivity index (χ3v) is 1.27. The van der Waals surface area contributed by atoms with E-state index in [1.807, 2.05) is 0 Å². The number of alkyl halides is 1. The van der Waals surface area contributed by atoms with Crippen LogP contribution in [0.3, 0.4) is 0 Å². The van der Waals surface area contributed by atoms with E-state index in [0.717, 1.165) is 6.54 Å². The van der Waals surface area contributed by atoms with Gasteiger partial charge in [-0.2, -0.15) is 0 Å². The van der Waals surface area contributed by atoms with Crippen molar-refractivity contribution in [3.63, 3.8) is 0 Å². The van der Waals surface area contributed by atoms with Gasteiger partial charge in [-0.25, -0.2) is 0 Å². The number of carbonyl (C=O) groups excluding carboxylic acids is 1. The number of esters is 1. The summed E-state index contributed by atoms with van der Waals surface area (Å²) in [5.74, 6) is 0.414. The fourth-order valence-electron chi connectivity index (χ4n) is 0.615. The molecule has 0 saturated carbocycles. The van der Waals surface area contributed by atoms with Crippen LogP contribution in [-0.4, -0.2) is 31.5 Å². The molecule has 0 aromatic heterocycles. The fourth-order valence-corrected chi connectivity index (χ4v) is 0.749. The molecule has 0 bridgehead atoms. The Morgan fingerprint density at radius 3 is 2.82 bits per heavy atom. The normalized spacial score (nSPS) is 9.64. The van der Waals surface area contributed by atoms with Crippen LogP contribution in [0.1, 0.15) is 13.3 Å². The average Bonchev–Trinajstić information content (AvgIpc) is 1.99. The molecule has 0 aliphatic heterocycles. The molecule has 0 heterocycles. The summed E-state index contributed by atoms with van der Waals surface area (Å²) in [4.78, 5) is 10.7. The third kappa shape index (κ3) is 7.62. The molecule has 0 fully saturated rings. The van der Waals surface area contributed by atoms with Crippen molar-refractivity contribution < 1.29 is 9.53 Å². The van der Waals surface area contributed by atoms with E-state index in [9.17, 15) is 4.79 Å². The summed E-state index contributed by atoms with van der Waals surface area (Å²) in [6, 6.07) is 0. The molecule has 0 amide bonds. The first kappa shape index (κ1) is 10.7. The zero-order valence-electron chi connectivity index (χ0n) is 6.73. The molecule has 0 rings (SSSR count). The van der Waals surface area contributed by atoms with Crippen molar-refractivity contribution >= 4 is 17.6 Å². The Labute approximate surface area is 72.1 Å². The predicted octanol–water partition coefficient (Wildman–Crippen LogP) is 0.768. The smallest absolute Gasteiger partial charge is 0.307 e. The van der Waals surface area contributed by atoms with Gasteiger partial charge in [0.2, 0.25) is 0 Å². The van der Waals surface area contributed by atoms with Crippen molar-refractivity contribution in [1.82, 2.24) is 5.32 Å². The standard InChI is InChI=1S/C7H14ClNO2/c1-2-11-7(10)3-5-9-6-4-8/h9H,2-6H2,1H3. The Morgan fingerprint density at radius 1 is 1.55 bits per heavy atom. The first-order valence-corrected chi connectivity index (χ1v) is 4.27. The van der Waals surface area contributed by atoms with Gasteiger partial charge < -0.3 is 10.1 Å². The first-order valence-electron chi connectivity index (χ1n) is 3.73. The predicted molar refractivity (Wildman–Crippen MR) is 44.8 cm³/mol. The summed E-state index contributed by atoms with van der Waals surface area (Å²) in [6.07, 6.45) is 0.421. The largest absolute Gasteiger partial charge is 0.466 e. The van der Waals surface area contributed by atoms with Crippen LogP contribution < -0.4 is 5.32 Å². The maximum Gasteiger partial charge on any atom is 0.307 e. The van der Waals surface area contributed by atoms with E-state index in [4.69, 9.17) is 16.3 Å². The van der Waals surface area contributed by atoms with E-state index in [-0.39, 0.29) is 5.97 Å². The molecule has 0 saturated heterocycles. The summed E-state index contributed by atoms with van der Waals surface area (Å²) in [5.41, 5.74) is 0. The summed E-state index contributed by atoms with van der Waals surface area (Å²) in [5, 5.41) is 2.99. The second-order valence-corrected chi connectivity index (χ2v) is 2.37. The van der Waals surface area contributed by atoms with Crippen LogP contribution >= 0.6 is 11.6 Å². The van der Waals surface area contributed by atoms with Gasteiger partial charge in [-0.05, 0) is 6.92 Å². The van der Waals surface area contributed by atoms with Gasteiger partial charge in [-0.15, -0.1) is 11.6 Å². The highest BCUT2D eigenvalue weighted by Gasteiger charge is 1.98. The lowest BCUT2D eigenvalue weighted by Crippen LogP contribution is -2.21. The topological polar surface area (TPSA) is 38.3 Å². The number of halogens is 1. The van der Waals surface area contributed by atoms with Crippen molar-refractivity contribution in [1.29, 1.82) is 0 Å². The highest BCUT2D eigenvalue weighted by Crippen LogP contribution is 1.83. The van der Waals surface area contributed by atoms with Crippen molar-refractivity contribution in [2.75, 3.05) is 25.6 Å². The average molecular weight is 180 g/mol. The molecular formula is C7H14ClNO2. The second kappa shape index (κ2) is 7.82. The lowest BCUT2D eigenvalue weighted by atomic mass is 10.4. The van der Waals surface area contributed by atoms with E-state index in [0.29, 0.717) is 25.5 Å². The number of hydrogen-bond acceptors (Lipinski definition) is 3. The molecular weight excluding hydrogens is 166 g/mol. The molecule has 0 unspecified atom stereocenters. The van der Waals surface area contributed by atoms with Crippen molar-refractivity contribution in [3.05, 3.63) is 0 Å². The van der Waals surface area contributed by atoms with Gasteiger partial charge in [0.25, 0.3) is 0 Å². The van der Waals surface area contributed by atoms with E-state index >= 15 is 0 Å². The number of ether oxygens (including phenoxy) is 1. The van der Waals surface area contributed by atoms with Crippen molar-refractivity contribution in [3.8, 4) is 0 Å². The van der Waals surface area contributed by atoms with Gasteiger partial charge in [0.05, 0.1) is 13.0 Å². The fraction of sp³-hybridized carbons (Fsp3) is 0.857. The van der Waals surface area contributed by atoms with E-state index in [2.05, 4.69) is 5.32 Å². The van der Waals surface area contributed by atoms with Crippen molar-refractivity contribution in [2.45, 2.75) is 13.3 Å². The van der Waals surface area contributed by atoms with E-state index in [1.54, 1.807) is 6.92 Å². The molecule has 0 aromatic rings. The summed E-state index contributed by atoms with van der Waals surface area (Å²) in [6.45, 7) is 3.63. The molecule has 4 heteroatoms. The number of hydrogen-bond donors (Lipinski definition) is 1. The number of nitrogens with one attached hydrogen (secondary N) is 1. The lowest BCUT2D eigenvalue weighted by Gasteiger charge is -2.01. The maximum atomic E-state index is 10.7. The summed E-state index contributed by atoms with van der Waals surface area (Å²) >= 11 is 5.40. The second-order valence-electron chi connectivity index (χ2n) is 1.99. The van der Waals surface area contributed by atoms with Gasteiger partial charge in [0, 0.05) is 19.0 Å². The Kier molecular flexibility index (Phi) is 7.62. The third-order valence-electron chi connectivity index (χ3n) is 1.08. The highest BCUT2D eigenvalue weighted by atomic mass is 35.5. The van der Waals surface area contributed by atoms with Crippen LogP contribution in [0, 0.1) is 0 Å². The lowest BCUT2D eigenvalue weighted by molar-refractivity contribution is -0.142. The van der Waals surface area contributed by atoms with Gasteiger partial charge in [-0.3, -0.25) is 4.79 Å². The van der Waals surface area contributed by atoms with Crippen LogP contribution in [0.25, 0.3) is 0 Å². The minimum Gasteiger partial charge on any atom is -0.466 e. The molecule has 0 spiro atoms. The van der Waals surface area contributed by atoms with Gasteiger partial charge >= 0.3 is 5.97 Å². The molecule has 1 N–H and O–H groups in total. The molecule has 66 valence electrons. The number of carbonyl (C=O) groups is 1. The maximum absolute atomic E-state index is 10.7. The molecule has 0 atom stereocenters. The highest BCUT2D eigenvalue weighted by molar-refractivity contribution is 6.18. The SMILES string of the molecule is CCOC(=O)CCNCCCl. The summed E-state index contributed by atoms with van der Waals surface area (Å²) < 4.78 is 4.71. The van der Waals surface area contributed by atoms with E-state index < -0.39 is 0 Å². The Morgan fingerprint density at radius 2 is 2.27 bits per heavy atom. The molecule has 0 radical (unpaired) electrons. The quantitative estimate of drug-likeness (QED) is 0.372. The summed E-state index contributed by atoms with van der Waals surface area (Å²) in [7, 11) is 0. The van der Waals surface area contributed by atoms with Crippen LogP contribution in [0.5, 0.6) is 0 Å². The van der Waals surface area contributed by atoms with Crippen LogP contribution in [0.4, 0.5) is 0 Å². The van der Waals surface area contributed by atoms with E-state index in [1.165, 1.54) is 0 Å². The minimum atomic E-state index is -0.158. The van der Waals surface area contributed by atoms with Crippen LogP contribution in [0.2, 0.25) is 0 Å². The van der Waals surface area contributed by atoms with Crippen LogP contribution in [0.15, 0.2) is 0 Å². The Balaban J connectivity index is 3.04. The number of rotatable bonds is 6. The molecule has 0 aliphatic carbocycles. The molecule has 11 heavy (non-hydrogen) atoms. The van der Waals surface area contributed by atoms with Crippen molar-refractivity contribution in [2.24, 2.45) is 0 Å². The zero-order valence-corrected chi connectivity index (χ0v) is 7.49. The van der Waals surface area contributed by atoms with Gasteiger partial charge in [0.1, 0.15) is 0 Å². The van der Waals surface area contributed by atoms with Gasteiger partial charge in [0.15, 0.2) is 0 Å². The Bertz CT molecular complexity index is 109. The molecule has 3 nitrogen and oxygen atoms in total.